The summed E-state index contributed by atoms with van der Waals surface area (Å²) in [6.45, 7) is -0.0921. The van der Waals surface area contributed by atoms with Gasteiger partial charge in [0.2, 0.25) is 0 Å². The predicted molar refractivity (Wildman–Crippen MR) is 103 cm³/mol. The van der Waals surface area contributed by atoms with Crippen molar-refractivity contribution in [3.63, 3.8) is 0 Å². The first kappa shape index (κ1) is 21.0. The number of fused-ring (bicyclic) bond motifs is 2. The van der Waals surface area contributed by atoms with E-state index in [-0.39, 0.29) is 25.3 Å². The van der Waals surface area contributed by atoms with Crippen molar-refractivity contribution in [2.24, 2.45) is 0 Å². The standard InChI is InChI=1S/C21H16F4N4O4/c1-32-14-4-2-12(3-5-14)20-11-27-9-13(22)8-16(27)19(31)29(20)7-6-28(20)18(30)15-10-33-26-17(15)21(23,24)25/h2-5,8-10H,6-7,11H2,1H3. The molecule has 1 aromatic carbocycles. The summed E-state index contributed by atoms with van der Waals surface area (Å²) >= 11 is 0. The summed E-state index contributed by atoms with van der Waals surface area (Å²) in [4.78, 5) is 29.2. The summed E-state index contributed by atoms with van der Waals surface area (Å²) in [7, 11) is 1.47. The number of amides is 2. The van der Waals surface area contributed by atoms with Gasteiger partial charge in [-0.15, -0.1) is 0 Å². The zero-order valence-electron chi connectivity index (χ0n) is 17.1. The zero-order valence-corrected chi connectivity index (χ0v) is 17.1. The molecule has 12 heteroatoms. The number of hydrogen-bond acceptors (Lipinski definition) is 5. The molecule has 0 radical (unpaired) electrons. The molecule has 172 valence electrons. The number of benzene rings is 1. The molecule has 1 saturated heterocycles. The van der Waals surface area contributed by atoms with Crippen molar-refractivity contribution >= 4 is 11.8 Å². The molecule has 33 heavy (non-hydrogen) atoms. The van der Waals surface area contributed by atoms with Gasteiger partial charge in [-0.1, -0.05) is 17.3 Å². The number of methoxy groups -OCH3 is 1. The van der Waals surface area contributed by atoms with E-state index in [1.54, 1.807) is 24.3 Å². The molecule has 4 heterocycles. The number of rotatable bonds is 3. The minimum Gasteiger partial charge on any atom is -0.497 e. The van der Waals surface area contributed by atoms with Crippen LogP contribution in [0.5, 0.6) is 5.75 Å². The van der Waals surface area contributed by atoms with E-state index in [9.17, 15) is 27.2 Å². The number of nitrogens with zero attached hydrogens (tertiary/aromatic N) is 4. The quantitative estimate of drug-likeness (QED) is 0.557. The molecular weight excluding hydrogens is 448 g/mol. The molecule has 1 unspecified atom stereocenters. The highest BCUT2D eigenvalue weighted by atomic mass is 19.4. The predicted octanol–water partition coefficient (Wildman–Crippen LogP) is 3.11. The average molecular weight is 464 g/mol. The lowest BCUT2D eigenvalue weighted by molar-refractivity contribution is -0.143. The molecule has 0 N–H and O–H groups in total. The number of carbonyl (C=O) groups excluding carboxylic acids is 2. The van der Waals surface area contributed by atoms with E-state index in [0.717, 1.165) is 12.3 Å². The average Bonchev–Trinajstić information content (AvgIpc) is 3.50. The number of aromatic nitrogens is 2. The van der Waals surface area contributed by atoms with E-state index in [1.165, 1.54) is 21.5 Å². The normalized spacial score (nSPS) is 20.1. The third-order valence-electron chi connectivity index (χ3n) is 6.02. The first-order valence-electron chi connectivity index (χ1n) is 9.82. The van der Waals surface area contributed by atoms with Gasteiger partial charge in [0.1, 0.15) is 29.1 Å². The molecule has 0 bridgehead atoms. The Labute approximate surface area is 183 Å². The summed E-state index contributed by atoms with van der Waals surface area (Å²) in [5.74, 6) is -1.69. The van der Waals surface area contributed by atoms with Crippen LogP contribution in [-0.2, 0) is 18.4 Å². The van der Waals surface area contributed by atoms with Gasteiger partial charge in [0.15, 0.2) is 11.4 Å². The van der Waals surface area contributed by atoms with Gasteiger partial charge in [-0.3, -0.25) is 9.59 Å². The molecule has 2 aliphatic heterocycles. The molecule has 2 aromatic heterocycles. The van der Waals surface area contributed by atoms with Crippen LogP contribution in [0, 0.1) is 5.82 Å². The highest BCUT2D eigenvalue weighted by Gasteiger charge is 2.57. The molecule has 1 fully saturated rings. The lowest BCUT2D eigenvalue weighted by atomic mass is 9.93. The van der Waals surface area contributed by atoms with Crippen molar-refractivity contribution in [3.8, 4) is 5.75 Å². The van der Waals surface area contributed by atoms with Crippen LogP contribution in [0.15, 0.2) is 47.3 Å². The maximum absolute atomic E-state index is 14.0. The van der Waals surface area contributed by atoms with Crippen LogP contribution in [0.3, 0.4) is 0 Å². The topological polar surface area (TPSA) is 80.8 Å². The van der Waals surface area contributed by atoms with Crippen molar-refractivity contribution in [1.82, 2.24) is 19.5 Å². The SMILES string of the molecule is COc1ccc(C23Cn4cc(F)cc4C(=O)N2CCN3C(=O)c2conc2C(F)(F)F)cc1. The second-order valence-corrected chi connectivity index (χ2v) is 7.70. The van der Waals surface area contributed by atoms with Crippen molar-refractivity contribution < 1.29 is 36.4 Å². The van der Waals surface area contributed by atoms with Crippen LogP contribution in [0.25, 0.3) is 0 Å². The van der Waals surface area contributed by atoms with Crippen molar-refractivity contribution in [3.05, 3.63) is 71.1 Å². The van der Waals surface area contributed by atoms with Gasteiger partial charge in [-0.25, -0.2) is 4.39 Å². The van der Waals surface area contributed by atoms with Crippen LogP contribution in [0.4, 0.5) is 17.6 Å². The van der Waals surface area contributed by atoms with Crippen LogP contribution >= 0.6 is 0 Å². The van der Waals surface area contributed by atoms with Gasteiger partial charge in [0, 0.05) is 30.9 Å². The highest BCUT2D eigenvalue weighted by Crippen LogP contribution is 2.45. The Morgan fingerprint density at radius 3 is 2.61 bits per heavy atom. The molecule has 2 aliphatic rings. The highest BCUT2D eigenvalue weighted by molar-refractivity contribution is 5.99. The smallest absolute Gasteiger partial charge is 0.437 e. The third kappa shape index (κ3) is 3.00. The fourth-order valence-electron chi connectivity index (χ4n) is 4.59. The summed E-state index contributed by atoms with van der Waals surface area (Å²) in [5.41, 5.74) is -3.18. The minimum absolute atomic E-state index is 0.0377. The first-order chi connectivity index (χ1) is 15.7. The van der Waals surface area contributed by atoms with E-state index < -0.39 is 40.7 Å². The largest absolute Gasteiger partial charge is 0.497 e. The number of carbonyl (C=O) groups is 2. The van der Waals surface area contributed by atoms with Crippen molar-refractivity contribution in [1.29, 1.82) is 0 Å². The molecular formula is C21H16F4N4O4. The van der Waals surface area contributed by atoms with Crippen LogP contribution in [0.1, 0.15) is 32.1 Å². The second kappa shape index (κ2) is 7.09. The number of ether oxygens (including phenoxy) is 1. The Balaban J connectivity index is 1.68. The minimum atomic E-state index is -4.91. The van der Waals surface area contributed by atoms with Crippen molar-refractivity contribution in [2.75, 3.05) is 20.2 Å². The van der Waals surface area contributed by atoms with Gasteiger partial charge in [0.25, 0.3) is 11.8 Å². The van der Waals surface area contributed by atoms with Gasteiger partial charge >= 0.3 is 6.18 Å². The van der Waals surface area contributed by atoms with Crippen molar-refractivity contribution in [2.45, 2.75) is 18.4 Å². The Kier molecular flexibility index (Phi) is 4.52. The second-order valence-electron chi connectivity index (χ2n) is 7.70. The van der Waals surface area contributed by atoms with Gasteiger partial charge in [-0.2, -0.15) is 13.2 Å². The summed E-state index contributed by atoms with van der Waals surface area (Å²) in [5, 5.41) is 2.96. The Bertz CT molecular complexity index is 1250. The van der Waals surface area contributed by atoms with Crippen LogP contribution < -0.4 is 4.74 Å². The maximum Gasteiger partial charge on any atom is 0.437 e. The maximum atomic E-state index is 14.0. The Morgan fingerprint density at radius 1 is 1.21 bits per heavy atom. The number of alkyl halides is 3. The van der Waals surface area contributed by atoms with E-state index in [1.807, 2.05) is 0 Å². The molecule has 0 saturated carbocycles. The van der Waals surface area contributed by atoms with E-state index in [0.29, 0.717) is 17.6 Å². The lowest BCUT2D eigenvalue weighted by Crippen LogP contribution is -2.60. The van der Waals surface area contributed by atoms with E-state index in [2.05, 4.69) is 9.68 Å². The van der Waals surface area contributed by atoms with Gasteiger partial charge < -0.3 is 23.6 Å². The summed E-state index contributed by atoms with van der Waals surface area (Å²) < 4.78 is 65.2. The molecule has 2 amide bonds. The number of halogens is 4. The van der Waals surface area contributed by atoms with E-state index in [4.69, 9.17) is 4.74 Å². The molecule has 3 aromatic rings. The fourth-order valence-corrected chi connectivity index (χ4v) is 4.59. The first-order valence-corrected chi connectivity index (χ1v) is 9.82. The Morgan fingerprint density at radius 2 is 1.94 bits per heavy atom. The Hall–Kier alpha value is -3.83. The molecule has 1 atom stereocenters. The van der Waals surface area contributed by atoms with Crippen LogP contribution in [0.2, 0.25) is 0 Å². The van der Waals surface area contributed by atoms with Crippen LogP contribution in [-0.4, -0.2) is 51.5 Å². The van der Waals surface area contributed by atoms with E-state index >= 15 is 0 Å². The summed E-state index contributed by atoms with van der Waals surface area (Å²) in [6.07, 6.45) is -3.15. The van der Waals surface area contributed by atoms with Gasteiger partial charge in [-0.05, 0) is 12.1 Å². The molecule has 8 nitrogen and oxygen atoms in total. The summed E-state index contributed by atoms with van der Waals surface area (Å²) in [6, 6.07) is 7.55. The monoisotopic (exact) mass is 464 g/mol. The zero-order chi connectivity index (χ0) is 23.5. The molecule has 0 aliphatic carbocycles. The van der Waals surface area contributed by atoms with Gasteiger partial charge in [0.05, 0.1) is 13.7 Å². The molecule has 0 spiro atoms. The number of hydrogen-bond donors (Lipinski definition) is 0. The fraction of sp³-hybridized carbons (Fsp3) is 0.286. The third-order valence-corrected chi connectivity index (χ3v) is 6.02. The lowest BCUT2D eigenvalue weighted by Gasteiger charge is -2.47. The molecule has 5 rings (SSSR count).